The Labute approximate surface area is 179 Å². The average molecular weight is 428 g/mol. The van der Waals surface area contributed by atoms with E-state index in [1.807, 2.05) is 41.8 Å². The number of carbonyl (C=O) groups excluding carboxylic acids is 2. The summed E-state index contributed by atoms with van der Waals surface area (Å²) < 4.78 is 10.8. The minimum absolute atomic E-state index is 0.248. The number of thiophene rings is 1. The number of para-hydroxylation sites is 2. The Morgan fingerprint density at radius 2 is 1.87 bits per heavy atom. The van der Waals surface area contributed by atoms with Gasteiger partial charge in [-0.15, -0.1) is 11.3 Å². The van der Waals surface area contributed by atoms with E-state index >= 15 is 0 Å². The smallest absolute Gasteiger partial charge is 0.278 e. The summed E-state index contributed by atoms with van der Waals surface area (Å²) in [5, 5.41) is 5.08. The second kappa shape index (κ2) is 9.42. The first kappa shape index (κ1) is 20.6. The van der Waals surface area contributed by atoms with Gasteiger partial charge in [0.05, 0.1) is 31.6 Å². The Balaban J connectivity index is 1.54. The molecule has 1 saturated heterocycles. The molecule has 3 heterocycles. The van der Waals surface area contributed by atoms with Crippen LogP contribution in [0.25, 0.3) is 5.57 Å². The minimum Gasteiger partial charge on any atom is -0.495 e. The van der Waals surface area contributed by atoms with Crippen molar-refractivity contribution in [2.24, 2.45) is 0 Å². The van der Waals surface area contributed by atoms with Crippen LogP contribution in [0.1, 0.15) is 11.3 Å². The monoisotopic (exact) mass is 427 g/mol. The molecule has 0 unspecified atom stereocenters. The van der Waals surface area contributed by atoms with Crippen LogP contribution in [0.5, 0.6) is 5.75 Å². The normalized spacial score (nSPS) is 17.7. The molecule has 8 heteroatoms. The lowest BCUT2D eigenvalue weighted by atomic mass is 10.2. The number of hydrogen-bond donors (Lipinski definition) is 1. The van der Waals surface area contributed by atoms with Crippen molar-refractivity contribution in [3.05, 3.63) is 52.4 Å². The van der Waals surface area contributed by atoms with Gasteiger partial charge in [0.1, 0.15) is 11.4 Å². The van der Waals surface area contributed by atoms with Gasteiger partial charge in [0.15, 0.2) is 0 Å². The molecule has 30 heavy (non-hydrogen) atoms. The zero-order valence-corrected chi connectivity index (χ0v) is 17.7. The Hall–Kier alpha value is -2.68. The molecule has 7 nitrogen and oxygen atoms in total. The summed E-state index contributed by atoms with van der Waals surface area (Å²) in [5.74, 6) is 0.0691. The number of methoxy groups -OCH3 is 1. The number of morpholine rings is 1. The van der Waals surface area contributed by atoms with E-state index in [2.05, 4.69) is 10.2 Å². The Morgan fingerprint density at radius 1 is 1.07 bits per heavy atom. The highest BCUT2D eigenvalue weighted by atomic mass is 32.1. The molecule has 1 N–H and O–H groups in total. The van der Waals surface area contributed by atoms with Gasteiger partial charge in [-0.3, -0.25) is 19.4 Å². The number of amides is 2. The quantitative estimate of drug-likeness (QED) is 0.653. The Morgan fingerprint density at radius 3 is 2.60 bits per heavy atom. The van der Waals surface area contributed by atoms with E-state index in [1.54, 1.807) is 7.11 Å². The van der Waals surface area contributed by atoms with Crippen LogP contribution >= 0.6 is 11.3 Å². The zero-order chi connectivity index (χ0) is 20.9. The second-order valence-electron chi connectivity index (χ2n) is 7.12. The first-order valence-electron chi connectivity index (χ1n) is 10.0. The standard InChI is InChI=1S/C22H25N3O4S/c1-28-17-7-3-2-6-16(17)23-20-19(18-8-4-15-30-18)21(26)25(22(20)27)10-5-9-24-11-13-29-14-12-24/h2-4,6-8,15,23H,5,9-14H2,1H3. The van der Waals surface area contributed by atoms with Gasteiger partial charge >= 0.3 is 0 Å². The number of imide groups is 1. The van der Waals surface area contributed by atoms with Gasteiger partial charge in [-0.05, 0) is 30.0 Å². The van der Waals surface area contributed by atoms with Crippen LogP contribution in [0.15, 0.2) is 47.5 Å². The van der Waals surface area contributed by atoms with Crippen LogP contribution in [0, 0.1) is 0 Å². The predicted octanol–water partition coefficient (Wildman–Crippen LogP) is 2.67. The maximum Gasteiger partial charge on any atom is 0.278 e. The molecule has 4 rings (SSSR count). The molecule has 0 radical (unpaired) electrons. The van der Waals surface area contributed by atoms with E-state index in [0.29, 0.717) is 29.3 Å². The number of anilines is 1. The third-order valence-electron chi connectivity index (χ3n) is 5.26. The van der Waals surface area contributed by atoms with E-state index in [-0.39, 0.29) is 11.8 Å². The van der Waals surface area contributed by atoms with E-state index in [4.69, 9.17) is 9.47 Å². The first-order chi connectivity index (χ1) is 14.7. The van der Waals surface area contributed by atoms with Crippen molar-refractivity contribution in [1.29, 1.82) is 0 Å². The average Bonchev–Trinajstić information content (AvgIpc) is 3.38. The van der Waals surface area contributed by atoms with E-state index in [0.717, 1.165) is 44.1 Å². The lowest BCUT2D eigenvalue weighted by Crippen LogP contribution is -2.39. The fourth-order valence-corrected chi connectivity index (χ4v) is 4.47. The maximum atomic E-state index is 13.2. The van der Waals surface area contributed by atoms with Gasteiger partial charge in [-0.1, -0.05) is 18.2 Å². The number of hydrogen-bond acceptors (Lipinski definition) is 7. The van der Waals surface area contributed by atoms with Gasteiger partial charge in [0, 0.05) is 31.1 Å². The summed E-state index contributed by atoms with van der Waals surface area (Å²) in [4.78, 5) is 30.9. The minimum atomic E-state index is -0.295. The Bertz CT molecular complexity index is 936. The van der Waals surface area contributed by atoms with E-state index in [9.17, 15) is 9.59 Å². The van der Waals surface area contributed by atoms with Crippen molar-refractivity contribution in [3.63, 3.8) is 0 Å². The van der Waals surface area contributed by atoms with Gasteiger partial charge in [0.25, 0.3) is 11.8 Å². The fraction of sp³-hybridized carbons (Fsp3) is 0.364. The molecule has 0 aliphatic carbocycles. The second-order valence-corrected chi connectivity index (χ2v) is 8.07. The van der Waals surface area contributed by atoms with Crippen LogP contribution < -0.4 is 10.1 Å². The van der Waals surface area contributed by atoms with Crippen molar-refractivity contribution >= 4 is 34.4 Å². The molecule has 1 aromatic carbocycles. The van der Waals surface area contributed by atoms with Crippen molar-refractivity contribution < 1.29 is 19.1 Å². The van der Waals surface area contributed by atoms with Gasteiger partial charge in [-0.2, -0.15) is 0 Å². The van der Waals surface area contributed by atoms with Gasteiger partial charge in [-0.25, -0.2) is 0 Å². The molecule has 2 aliphatic heterocycles. The lowest BCUT2D eigenvalue weighted by Gasteiger charge is -2.27. The Kier molecular flexibility index (Phi) is 6.47. The van der Waals surface area contributed by atoms with Crippen LogP contribution in [-0.2, 0) is 14.3 Å². The summed E-state index contributed by atoms with van der Waals surface area (Å²) in [5.41, 5.74) is 1.38. The molecule has 0 saturated carbocycles. The van der Waals surface area contributed by atoms with Crippen LogP contribution in [-0.4, -0.2) is 68.1 Å². The lowest BCUT2D eigenvalue weighted by molar-refractivity contribution is -0.136. The van der Waals surface area contributed by atoms with Crippen LogP contribution in [0.3, 0.4) is 0 Å². The summed E-state index contributed by atoms with van der Waals surface area (Å²) in [7, 11) is 1.58. The summed E-state index contributed by atoms with van der Waals surface area (Å²) in [6, 6.07) is 11.1. The number of nitrogens with zero attached hydrogens (tertiary/aromatic N) is 2. The molecule has 2 amide bonds. The highest BCUT2D eigenvalue weighted by Gasteiger charge is 2.39. The first-order valence-corrected chi connectivity index (χ1v) is 10.9. The molecular weight excluding hydrogens is 402 g/mol. The molecule has 2 aliphatic rings. The predicted molar refractivity (Wildman–Crippen MR) is 116 cm³/mol. The highest BCUT2D eigenvalue weighted by Crippen LogP contribution is 2.34. The number of carbonyl (C=O) groups is 2. The van der Waals surface area contributed by atoms with Crippen molar-refractivity contribution in [3.8, 4) is 5.75 Å². The largest absolute Gasteiger partial charge is 0.495 e. The van der Waals surface area contributed by atoms with Crippen molar-refractivity contribution in [2.45, 2.75) is 6.42 Å². The van der Waals surface area contributed by atoms with E-state index < -0.39 is 0 Å². The van der Waals surface area contributed by atoms with Crippen LogP contribution in [0.4, 0.5) is 5.69 Å². The van der Waals surface area contributed by atoms with Crippen molar-refractivity contribution in [2.75, 3.05) is 51.8 Å². The van der Waals surface area contributed by atoms with Crippen LogP contribution in [0.2, 0.25) is 0 Å². The van der Waals surface area contributed by atoms with E-state index in [1.165, 1.54) is 16.2 Å². The summed E-state index contributed by atoms with van der Waals surface area (Å²) in [6.07, 6.45) is 0.733. The number of benzene rings is 1. The topological polar surface area (TPSA) is 71.1 Å². The molecule has 0 bridgehead atoms. The molecule has 158 valence electrons. The molecule has 0 atom stereocenters. The molecule has 1 fully saturated rings. The third kappa shape index (κ3) is 4.26. The number of ether oxygens (including phenoxy) is 2. The fourth-order valence-electron chi connectivity index (χ4n) is 3.70. The highest BCUT2D eigenvalue weighted by molar-refractivity contribution is 7.11. The summed E-state index contributed by atoms with van der Waals surface area (Å²) in [6.45, 7) is 4.48. The molecule has 1 aromatic heterocycles. The van der Waals surface area contributed by atoms with Crippen molar-refractivity contribution in [1.82, 2.24) is 9.80 Å². The number of rotatable bonds is 8. The SMILES string of the molecule is COc1ccccc1NC1=C(c2cccs2)C(=O)N(CCCN2CCOCC2)C1=O. The van der Waals surface area contributed by atoms with Gasteiger partial charge < -0.3 is 14.8 Å². The molecular formula is C22H25N3O4S. The third-order valence-corrected chi connectivity index (χ3v) is 6.15. The molecule has 2 aromatic rings. The molecule has 0 spiro atoms. The number of nitrogens with one attached hydrogen (secondary N) is 1. The zero-order valence-electron chi connectivity index (χ0n) is 16.9. The summed E-state index contributed by atoms with van der Waals surface area (Å²) >= 11 is 1.45. The maximum absolute atomic E-state index is 13.2. The van der Waals surface area contributed by atoms with Gasteiger partial charge in [0.2, 0.25) is 0 Å².